The fourth-order valence-electron chi connectivity index (χ4n) is 2.57. The molecule has 0 saturated carbocycles. The Kier molecular flexibility index (Phi) is 7.26. The molecule has 2 amide bonds. The molecular weight excluding hydrogens is 316 g/mol. The van der Waals surface area contributed by atoms with Crippen molar-refractivity contribution >= 4 is 11.8 Å². The number of hydrogen-bond acceptors (Lipinski definition) is 3. The zero-order valence-corrected chi connectivity index (χ0v) is 14.7. The van der Waals surface area contributed by atoms with E-state index in [4.69, 9.17) is 0 Å². The molecule has 134 valence electrons. The number of carbonyl (C=O) groups excluding carboxylic acids is 2. The van der Waals surface area contributed by atoms with Crippen LogP contribution in [0.15, 0.2) is 47.9 Å². The van der Waals surface area contributed by atoms with Crippen LogP contribution in [0.5, 0.6) is 0 Å². The molecule has 1 aromatic rings. The van der Waals surface area contributed by atoms with E-state index in [0.717, 1.165) is 31.2 Å². The number of carbonyl (C=O) groups is 2. The number of nitrogens with one attached hydrogen (secondary N) is 2. The van der Waals surface area contributed by atoms with Crippen LogP contribution < -0.4 is 10.6 Å². The van der Waals surface area contributed by atoms with Gasteiger partial charge in [-0.05, 0) is 44.4 Å². The molecular formula is C20H26N2O3. The van der Waals surface area contributed by atoms with Gasteiger partial charge in [-0.3, -0.25) is 9.59 Å². The first-order valence-electron chi connectivity index (χ1n) is 8.79. The van der Waals surface area contributed by atoms with Crippen LogP contribution in [0.3, 0.4) is 0 Å². The molecule has 0 heterocycles. The lowest BCUT2D eigenvalue weighted by atomic mass is 10.1. The van der Waals surface area contributed by atoms with Gasteiger partial charge >= 0.3 is 0 Å². The summed E-state index contributed by atoms with van der Waals surface area (Å²) in [5.74, 6) is 0.0932. The van der Waals surface area contributed by atoms with Gasteiger partial charge in [-0.2, -0.15) is 0 Å². The van der Waals surface area contributed by atoms with Crippen LogP contribution in [0.2, 0.25) is 0 Å². The molecule has 0 saturated heterocycles. The third-order valence-electron chi connectivity index (χ3n) is 4.10. The zero-order chi connectivity index (χ0) is 18.1. The van der Waals surface area contributed by atoms with E-state index < -0.39 is 0 Å². The number of amides is 2. The van der Waals surface area contributed by atoms with Gasteiger partial charge in [0.05, 0.1) is 5.70 Å². The van der Waals surface area contributed by atoms with E-state index in [0.29, 0.717) is 30.6 Å². The van der Waals surface area contributed by atoms with Crippen molar-refractivity contribution in [2.24, 2.45) is 0 Å². The van der Waals surface area contributed by atoms with Crippen molar-refractivity contribution in [2.75, 3.05) is 6.54 Å². The molecule has 0 aromatic heterocycles. The van der Waals surface area contributed by atoms with E-state index in [1.165, 1.54) is 0 Å². The van der Waals surface area contributed by atoms with Gasteiger partial charge in [0.2, 0.25) is 5.91 Å². The average molecular weight is 342 g/mol. The largest absolute Gasteiger partial charge is 0.510 e. The number of benzene rings is 1. The normalized spacial score (nSPS) is 13.6. The minimum absolute atomic E-state index is 0.0655. The van der Waals surface area contributed by atoms with Gasteiger partial charge in [0, 0.05) is 24.9 Å². The lowest BCUT2D eigenvalue weighted by Crippen LogP contribution is -2.25. The fraction of sp³-hybridized carbons (Fsp3) is 0.400. The second kappa shape index (κ2) is 9.67. The highest BCUT2D eigenvalue weighted by atomic mass is 16.3. The summed E-state index contributed by atoms with van der Waals surface area (Å²) in [6.45, 7) is 2.59. The molecule has 0 spiro atoms. The molecule has 0 atom stereocenters. The topological polar surface area (TPSA) is 78.4 Å². The van der Waals surface area contributed by atoms with Crippen molar-refractivity contribution in [2.45, 2.75) is 45.4 Å². The molecule has 0 bridgehead atoms. The molecule has 2 rings (SSSR count). The first-order chi connectivity index (χ1) is 12.1. The van der Waals surface area contributed by atoms with Crippen LogP contribution in [0.4, 0.5) is 0 Å². The predicted octanol–water partition coefficient (Wildman–Crippen LogP) is 3.52. The highest BCUT2D eigenvalue weighted by Gasteiger charge is 2.10. The molecule has 5 nitrogen and oxygen atoms in total. The Balaban J connectivity index is 1.57. The standard InChI is InChI=1S/C20H26N2O3/c1-15-10-12-16(13-11-15)20(25)21-14-6-2-3-9-19(24)22-17-7-4-5-8-18(17)23/h4,7,10-13,23H,2-3,5-6,8-9,14H2,1H3,(H,21,25)(H,22,24). The summed E-state index contributed by atoms with van der Waals surface area (Å²) in [4.78, 5) is 23.8. The van der Waals surface area contributed by atoms with Gasteiger partial charge in [0.15, 0.2) is 0 Å². The fourth-order valence-corrected chi connectivity index (χ4v) is 2.57. The van der Waals surface area contributed by atoms with Crippen LogP contribution in [0.1, 0.15) is 54.4 Å². The summed E-state index contributed by atoms with van der Waals surface area (Å²) >= 11 is 0. The Morgan fingerprint density at radius 2 is 1.88 bits per heavy atom. The Morgan fingerprint density at radius 1 is 1.12 bits per heavy atom. The number of aliphatic hydroxyl groups is 1. The maximum atomic E-state index is 11.9. The summed E-state index contributed by atoms with van der Waals surface area (Å²) in [7, 11) is 0. The maximum Gasteiger partial charge on any atom is 0.251 e. The highest BCUT2D eigenvalue weighted by Crippen LogP contribution is 2.14. The predicted molar refractivity (Wildman–Crippen MR) is 98.2 cm³/mol. The first-order valence-corrected chi connectivity index (χ1v) is 8.79. The quantitative estimate of drug-likeness (QED) is 0.633. The van der Waals surface area contributed by atoms with Gasteiger partial charge in [-0.1, -0.05) is 30.2 Å². The molecule has 1 aliphatic carbocycles. The smallest absolute Gasteiger partial charge is 0.251 e. The zero-order valence-electron chi connectivity index (χ0n) is 14.7. The summed E-state index contributed by atoms with van der Waals surface area (Å²) in [6, 6.07) is 7.47. The molecule has 0 aliphatic heterocycles. The summed E-state index contributed by atoms with van der Waals surface area (Å²) in [5, 5.41) is 15.3. The van der Waals surface area contributed by atoms with Gasteiger partial charge in [0.1, 0.15) is 5.76 Å². The summed E-state index contributed by atoms with van der Waals surface area (Å²) in [5.41, 5.74) is 2.31. The van der Waals surface area contributed by atoms with Crippen molar-refractivity contribution < 1.29 is 14.7 Å². The lowest BCUT2D eigenvalue weighted by Gasteiger charge is -2.12. The van der Waals surface area contributed by atoms with Crippen LogP contribution >= 0.6 is 0 Å². The Labute approximate surface area is 148 Å². The van der Waals surface area contributed by atoms with E-state index in [9.17, 15) is 14.7 Å². The third kappa shape index (κ3) is 6.45. The highest BCUT2D eigenvalue weighted by molar-refractivity contribution is 5.94. The average Bonchev–Trinajstić information content (AvgIpc) is 2.60. The van der Waals surface area contributed by atoms with E-state index in [1.54, 1.807) is 6.08 Å². The van der Waals surface area contributed by atoms with Crippen LogP contribution in [0, 0.1) is 6.92 Å². The van der Waals surface area contributed by atoms with Crippen LogP contribution in [0.25, 0.3) is 0 Å². The van der Waals surface area contributed by atoms with E-state index in [2.05, 4.69) is 10.6 Å². The van der Waals surface area contributed by atoms with Crippen molar-refractivity contribution in [3.63, 3.8) is 0 Å². The van der Waals surface area contributed by atoms with Crippen LogP contribution in [-0.2, 0) is 4.79 Å². The van der Waals surface area contributed by atoms with Crippen molar-refractivity contribution in [1.82, 2.24) is 10.6 Å². The summed E-state index contributed by atoms with van der Waals surface area (Å²) < 4.78 is 0. The SMILES string of the molecule is Cc1ccc(C(=O)NCCCCCC(=O)NC2=C(O)CCC=C2)cc1. The third-order valence-corrected chi connectivity index (χ3v) is 4.10. The monoisotopic (exact) mass is 342 g/mol. The number of hydrogen-bond donors (Lipinski definition) is 3. The summed E-state index contributed by atoms with van der Waals surface area (Å²) in [6.07, 6.45) is 7.93. The molecule has 3 N–H and O–H groups in total. The number of aliphatic hydroxyl groups excluding tert-OH is 1. The van der Waals surface area contributed by atoms with Crippen LogP contribution in [-0.4, -0.2) is 23.5 Å². The van der Waals surface area contributed by atoms with E-state index >= 15 is 0 Å². The van der Waals surface area contributed by atoms with Gasteiger partial charge in [-0.25, -0.2) is 0 Å². The molecule has 1 aliphatic rings. The van der Waals surface area contributed by atoms with E-state index in [1.807, 2.05) is 37.3 Å². The first kappa shape index (κ1) is 18.8. The number of aryl methyl sites for hydroxylation is 1. The number of rotatable bonds is 8. The number of allylic oxidation sites excluding steroid dienone is 3. The van der Waals surface area contributed by atoms with E-state index in [-0.39, 0.29) is 17.6 Å². The molecule has 0 fully saturated rings. The number of unbranched alkanes of at least 4 members (excludes halogenated alkanes) is 2. The molecule has 5 heteroatoms. The Hall–Kier alpha value is -2.56. The molecule has 1 aromatic carbocycles. The lowest BCUT2D eigenvalue weighted by molar-refractivity contribution is -0.120. The molecule has 0 unspecified atom stereocenters. The minimum atomic E-state index is -0.0863. The maximum absolute atomic E-state index is 11.9. The molecule has 0 radical (unpaired) electrons. The minimum Gasteiger partial charge on any atom is -0.510 e. The van der Waals surface area contributed by atoms with Crippen molar-refractivity contribution in [3.05, 3.63) is 59.0 Å². The van der Waals surface area contributed by atoms with Gasteiger partial charge in [0.25, 0.3) is 5.91 Å². The Morgan fingerprint density at radius 3 is 2.60 bits per heavy atom. The Bertz CT molecular complexity index is 660. The second-order valence-corrected chi connectivity index (χ2v) is 6.28. The van der Waals surface area contributed by atoms with Gasteiger partial charge in [-0.15, -0.1) is 0 Å². The molecule has 25 heavy (non-hydrogen) atoms. The van der Waals surface area contributed by atoms with Crippen molar-refractivity contribution in [3.8, 4) is 0 Å². The second-order valence-electron chi connectivity index (χ2n) is 6.28. The van der Waals surface area contributed by atoms with Crippen molar-refractivity contribution in [1.29, 1.82) is 0 Å². The van der Waals surface area contributed by atoms with Gasteiger partial charge < -0.3 is 15.7 Å².